The SMILES string of the molecule is CSc1nc(C)nc(-c2ccc(Cl)c(Cl)c2)c1/C(N)=C/C(N)=O. The van der Waals surface area contributed by atoms with Gasteiger partial charge in [-0.05, 0) is 25.3 Å². The molecule has 1 heterocycles. The van der Waals surface area contributed by atoms with Gasteiger partial charge in [0.05, 0.1) is 21.3 Å². The van der Waals surface area contributed by atoms with Crippen LogP contribution in [0.4, 0.5) is 0 Å². The molecule has 0 atom stereocenters. The number of rotatable bonds is 4. The summed E-state index contributed by atoms with van der Waals surface area (Å²) in [6, 6.07) is 5.14. The number of nitrogens with zero attached hydrogens (tertiary/aromatic N) is 2. The summed E-state index contributed by atoms with van der Waals surface area (Å²) < 4.78 is 0. The van der Waals surface area contributed by atoms with Gasteiger partial charge in [0.2, 0.25) is 5.91 Å². The zero-order valence-electron chi connectivity index (χ0n) is 12.4. The van der Waals surface area contributed by atoms with Gasteiger partial charge in [0, 0.05) is 17.3 Å². The van der Waals surface area contributed by atoms with E-state index in [0.29, 0.717) is 32.2 Å². The predicted molar refractivity (Wildman–Crippen MR) is 95.4 cm³/mol. The lowest BCUT2D eigenvalue weighted by Gasteiger charge is -2.14. The lowest BCUT2D eigenvalue weighted by Crippen LogP contribution is -2.12. The van der Waals surface area contributed by atoms with Crippen LogP contribution in [0.25, 0.3) is 17.0 Å². The molecular formula is C15H14Cl2N4OS. The number of hydrogen-bond acceptors (Lipinski definition) is 5. The van der Waals surface area contributed by atoms with Crippen molar-refractivity contribution in [2.45, 2.75) is 11.9 Å². The highest BCUT2D eigenvalue weighted by atomic mass is 35.5. The molecule has 8 heteroatoms. The summed E-state index contributed by atoms with van der Waals surface area (Å²) >= 11 is 13.5. The molecule has 0 aliphatic rings. The number of thioether (sulfide) groups is 1. The number of amides is 1. The number of benzene rings is 1. The van der Waals surface area contributed by atoms with E-state index in [-0.39, 0.29) is 5.70 Å². The van der Waals surface area contributed by atoms with Crippen molar-refractivity contribution in [1.82, 2.24) is 9.97 Å². The van der Waals surface area contributed by atoms with Crippen LogP contribution >= 0.6 is 35.0 Å². The van der Waals surface area contributed by atoms with E-state index in [2.05, 4.69) is 9.97 Å². The van der Waals surface area contributed by atoms with Gasteiger partial charge in [-0.1, -0.05) is 29.3 Å². The average molecular weight is 369 g/mol. The van der Waals surface area contributed by atoms with Crippen LogP contribution in [0.2, 0.25) is 10.0 Å². The first-order valence-electron chi connectivity index (χ1n) is 6.48. The normalized spacial score (nSPS) is 11.6. The quantitative estimate of drug-likeness (QED) is 0.490. The molecule has 23 heavy (non-hydrogen) atoms. The molecule has 2 aromatic rings. The Morgan fingerprint density at radius 3 is 2.48 bits per heavy atom. The maximum atomic E-state index is 11.2. The van der Waals surface area contributed by atoms with Gasteiger partial charge in [-0.25, -0.2) is 9.97 Å². The molecule has 2 rings (SSSR count). The van der Waals surface area contributed by atoms with Crippen molar-refractivity contribution in [3.63, 3.8) is 0 Å². The Morgan fingerprint density at radius 2 is 1.91 bits per heavy atom. The molecule has 0 aliphatic carbocycles. The van der Waals surface area contributed by atoms with Crippen LogP contribution in [0.3, 0.4) is 0 Å². The Morgan fingerprint density at radius 1 is 1.22 bits per heavy atom. The maximum absolute atomic E-state index is 11.2. The molecule has 0 saturated carbocycles. The van der Waals surface area contributed by atoms with Crippen LogP contribution in [0.15, 0.2) is 29.3 Å². The van der Waals surface area contributed by atoms with Crippen molar-refractivity contribution in [3.05, 3.63) is 45.7 Å². The molecule has 1 aromatic carbocycles. The predicted octanol–water partition coefficient (Wildman–Crippen LogP) is 3.27. The van der Waals surface area contributed by atoms with Crippen molar-refractivity contribution in [2.24, 2.45) is 11.5 Å². The van der Waals surface area contributed by atoms with E-state index in [1.807, 2.05) is 6.26 Å². The van der Waals surface area contributed by atoms with Gasteiger partial charge in [0.15, 0.2) is 0 Å². The lowest BCUT2D eigenvalue weighted by atomic mass is 10.0. The molecule has 0 fully saturated rings. The molecule has 120 valence electrons. The third-order valence-corrected chi connectivity index (χ3v) is 4.38. The van der Waals surface area contributed by atoms with Gasteiger partial charge in [0.25, 0.3) is 0 Å². The molecule has 0 unspecified atom stereocenters. The Hall–Kier alpha value is -1.76. The van der Waals surface area contributed by atoms with Gasteiger partial charge in [-0.3, -0.25) is 4.79 Å². The van der Waals surface area contributed by atoms with Crippen molar-refractivity contribution in [3.8, 4) is 11.3 Å². The second-order valence-electron chi connectivity index (χ2n) is 4.63. The number of carbonyl (C=O) groups excluding carboxylic acids is 1. The minimum Gasteiger partial charge on any atom is -0.398 e. The maximum Gasteiger partial charge on any atom is 0.243 e. The minimum atomic E-state index is -0.643. The molecular weight excluding hydrogens is 355 g/mol. The lowest BCUT2D eigenvalue weighted by molar-refractivity contribution is -0.113. The van der Waals surface area contributed by atoms with E-state index < -0.39 is 5.91 Å². The molecule has 0 spiro atoms. The highest BCUT2D eigenvalue weighted by molar-refractivity contribution is 7.98. The van der Waals surface area contributed by atoms with Gasteiger partial charge >= 0.3 is 0 Å². The minimum absolute atomic E-state index is 0.197. The second-order valence-corrected chi connectivity index (χ2v) is 6.24. The number of hydrogen-bond donors (Lipinski definition) is 2. The first kappa shape index (κ1) is 17.6. The number of halogens is 2. The van der Waals surface area contributed by atoms with Crippen LogP contribution < -0.4 is 11.5 Å². The largest absolute Gasteiger partial charge is 0.398 e. The summed E-state index contributed by atoms with van der Waals surface area (Å²) in [6.45, 7) is 1.78. The third kappa shape index (κ3) is 3.96. The van der Waals surface area contributed by atoms with Crippen LogP contribution in [0, 0.1) is 6.92 Å². The number of nitrogens with two attached hydrogens (primary N) is 2. The summed E-state index contributed by atoms with van der Waals surface area (Å²) in [5, 5.41) is 1.48. The summed E-state index contributed by atoms with van der Waals surface area (Å²) in [5.41, 5.74) is 13.3. The smallest absolute Gasteiger partial charge is 0.243 e. The number of carbonyl (C=O) groups is 1. The number of aryl methyl sites for hydroxylation is 1. The molecule has 1 aromatic heterocycles. The topological polar surface area (TPSA) is 94.9 Å². The van der Waals surface area contributed by atoms with E-state index in [4.69, 9.17) is 34.7 Å². The molecule has 0 radical (unpaired) electrons. The third-order valence-electron chi connectivity index (χ3n) is 2.96. The number of aromatic nitrogens is 2. The Kier molecular flexibility index (Phi) is 5.51. The van der Waals surface area contributed by atoms with Crippen molar-refractivity contribution in [2.75, 3.05) is 6.26 Å². The highest BCUT2D eigenvalue weighted by Gasteiger charge is 2.18. The summed E-state index contributed by atoms with van der Waals surface area (Å²) in [7, 11) is 0. The van der Waals surface area contributed by atoms with Crippen LogP contribution in [-0.2, 0) is 4.79 Å². The Bertz CT molecular complexity index is 808. The Balaban J connectivity index is 2.77. The summed E-state index contributed by atoms with van der Waals surface area (Å²) in [5.74, 6) is -0.0683. The van der Waals surface area contributed by atoms with E-state index in [1.54, 1.807) is 25.1 Å². The molecule has 0 bridgehead atoms. The first-order valence-corrected chi connectivity index (χ1v) is 8.46. The van der Waals surface area contributed by atoms with E-state index in [9.17, 15) is 4.79 Å². The zero-order valence-corrected chi connectivity index (χ0v) is 14.8. The first-order chi connectivity index (χ1) is 10.8. The molecule has 0 aliphatic heterocycles. The zero-order chi connectivity index (χ0) is 17.1. The molecule has 4 N–H and O–H groups in total. The standard InChI is InChI=1S/C15H14Cl2N4OS/c1-7-20-14(8-3-4-9(16)10(17)5-8)13(15(21-7)23-2)11(18)6-12(19)22/h3-6H,18H2,1-2H3,(H2,19,22)/b11-6-. The second kappa shape index (κ2) is 7.21. The van der Waals surface area contributed by atoms with Gasteiger partial charge in [-0.15, -0.1) is 11.8 Å². The molecule has 0 saturated heterocycles. The summed E-state index contributed by atoms with van der Waals surface area (Å²) in [4.78, 5) is 20.0. The molecule has 5 nitrogen and oxygen atoms in total. The van der Waals surface area contributed by atoms with E-state index >= 15 is 0 Å². The fourth-order valence-corrected chi connectivity index (χ4v) is 2.97. The van der Waals surface area contributed by atoms with E-state index in [1.165, 1.54) is 11.8 Å². The molecule has 1 amide bonds. The van der Waals surface area contributed by atoms with Gasteiger partial charge in [-0.2, -0.15) is 0 Å². The Labute approximate surface area is 148 Å². The van der Waals surface area contributed by atoms with Crippen LogP contribution in [0.5, 0.6) is 0 Å². The number of primary amides is 1. The van der Waals surface area contributed by atoms with E-state index in [0.717, 1.165) is 11.6 Å². The summed E-state index contributed by atoms with van der Waals surface area (Å²) in [6.07, 6.45) is 3.01. The van der Waals surface area contributed by atoms with Gasteiger partial charge in [0.1, 0.15) is 10.9 Å². The average Bonchev–Trinajstić information content (AvgIpc) is 2.48. The van der Waals surface area contributed by atoms with Crippen molar-refractivity contribution in [1.29, 1.82) is 0 Å². The fraction of sp³-hybridized carbons (Fsp3) is 0.133. The fourth-order valence-electron chi connectivity index (χ4n) is 2.03. The van der Waals surface area contributed by atoms with Crippen molar-refractivity contribution >= 4 is 46.6 Å². The van der Waals surface area contributed by atoms with Crippen LogP contribution in [-0.4, -0.2) is 22.1 Å². The van der Waals surface area contributed by atoms with Gasteiger partial charge < -0.3 is 11.5 Å². The highest BCUT2D eigenvalue weighted by Crippen LogP contribution is 2.34. The van der Waals surface area contributed by atoms with Crippen LogP contribution in [0.1, 0.15) is 11.4 Å². The monoisotopic (exact) mass is 368 g/mol. The van der Waals surface area contributed by atoms with Crippen molar-refractivity contribution < 1.29 is 4.79 Å².